The van der Waals surface area contributed by atoms with E-state index in [-0.39, 0.29) is 6.54 Å². The van der Waals surface area contributed by atoms with Gasteiger partial charge in [-0.2, -0.15) is 0 Å². The number of halogens is 1. The molecule has 0 bridgehead atoms. The second-order valence-electron chi connectivity index (χ2n) is 4.00. The van der Waals surface area contributed by atoms with Crippen molar-refractivity contribution in [2.45, 2.75) is 5.56 Å². The van der Waals surface area contributed by atoms with E-state index in [0.29, 0.717) is 0 Å². The number of likely N-dealkylation sites (N-methyl/N-ethyl adjacent to an activating group) is 1. The van der Waals surface area contributed by atoms with Gasteiger partial charge in [-0.15, -0.1) is 0 Å². The van der Waals surface area contributed by atoms with Gasteiger partial charge in [-0.05, 0) is 14.1 Å². The molecule has 0 spiro atoms. The minimum absolute atomic E-state index is 0.111. The third-order valence-electron chi connectivity index (χ3n) is 1.90. The summed E-state index contributed by atoms with van der Waals surface area (Å²) >= 11 is 5.79. The van der Waals surface area contributed by atoms with Crippen LogP contribution in [0.5, 0.6) is 0 Å². The smallest absolute Gasteiger partial charge is 0.331 e. The highest BCUT2D eigenvalue weighted by Crippen LogP contribution is 2.21. The number of rotatable bonds is 5. The molecule has 6 heteroatoms. The zero-order valence-corrected chi connectivity index (χ0v) is 12.2. The molecule has 20 heavy (non-hydrogen) atoms. The predicted molar refractivity (Wildman–Crippen MR) is 77.5 cm³/mol. The van der Waals surface area contributed by atoms with Gasteiger partial charge < -0.3 is 9.84 Å². The number of hydrogen-bond acceptors (Lipinski definition) is 4. The predicted octanol–water partition coefficient (Wildman–Crippen LogP) is 2.29. The largest absolute Gasteiger partial charge is 0.480 e. The third-order valence-corrected chi connectivity index (χ3v) is 2.24. The van der Waals surface area contributed by atoms with Crippen LogP contribution in [0.3, 0.4) is 0 Å². The van der Waals surface area contributed by atoms with E-state index < -0.39 is 17.5 Å². The fourth-order valence-electron chi connectivity index (χ4n) is 1.09. The Bertz CT molecular complexity index is 434. The van der Waals surface area contributed by atoms with Crippen LogP contribution in [-0.4, -0.2) is 42.6 Å². The molecule has 0 heterocycles. The normalized spacial score (nSPS) is 11.0. The first kappa shape index (κ1) is 18.1. The van der Waals surface area contributed by atoms with E-state index in [2.05, 4.69) is 6.58 Å². The lowest BCUT2D eigenvalue weighted by atomic mass is 10.2. The molecule has 1 aromatic rings. The first-order valence-electron chi connectivity index (χ1n) is 5.75. The van der Waals surface area contributed by atoms with Crippen molar-refractivity contribution in [1.29, 1.82) is 0 Å². The van der Waals surface area contributed by atoms with Crippen LogP contribution in [0.25, 0.3) is 0 Å². The molecular weight excluding hydrogens is 282 g/mol. The molecule has 1 unspecified atom stereocenters. The number of alkyl halides is 1. The summed E-state index contributed by atoms with van der Waals surface area (Å²) in [7, 11) is 3.43. The van der Waals surface area contributed by atoms with E-state index >= 15 is 0 Å². The average molecular weight is 300 g/mol. The number of esters is 1. The minimum atomic E-state index is -0.787. The Balaban J connectivity index is 0.000000441. The monoisotopic (exact) mass is 299 g/mol. The van der Waals surface area contributed by atoms with Gasteiger partial charge in [0.25, 0.3) is 0 Å². The van der Waals surface area contributed by atoms with E-state index in [1.807, 2.05) is 18.2 Å². The molecule has 0 saturated heterocycles. The average Bonchev–Trinajstić information content (AvgIpc) is 2.38. The molecule has 0 aliphatic carbocycles. The topological polar surface area (TPSA) is 66.8 Å². The number of aliphatic carboxylic acids is 1. The molecule has 5 nitrogen and oxygen atoms in total. The molecule has 0 aliphatic heterocycles. The van der Waals surface area contributed by atoms with Crippen LogP contribution in [0, 0.1) is 0 Å². The van der Waals surface area contributed by atoms with Gasteiger partial charge in [-0.3, -0.25) is 9.69 Å². The van der Waals surface area contributed by atoms with Gasteiger partial charge in [0.15, 0.2) is 0 Å². The maximum atomic E-state index is 10.8. The summed E-state index contributed by atoms with van der Waals surface area (Å²) in [5.41, 5.74) is 0.00562. The molecule has 0 aromatic heterocycles. The van der Waals surface area contributed by atoms with Crippen molar-refractivity contribution in [3.8, 4) is 0 Å². The number of carboxylic acids is 1. The van der Waals surface area contributed by atoms with Gasteiger partial charge in [0.1, 0.15) is 0 Å². The van der Waals surface area contributed by atoms with Crippen LogP contribution in [0.15, 0.2) is 43.0 Å². The number of carbonyl (C=O) groups is 2. The third kappa shape index (κ3) is 9.13. The molecule has 1 N–H and O–H groups in total. The van der Waals surface area contributed by atoms with Crippen LogP contribution < -0.4 is 0 Å². The number of ether oxygens (including phenoxy) is 1. The highest BCUT2D eigenvalue weighted by molar-refractivity contribution is 6.20. The lowest BCUT2D eigenvalue weighted by molar-refractivity contribution is -0.140. The van der Waals surface area contributed by atoms with E-state index in [0.717, 1.165) is 11.6 Å². The Kier molecular flexibility index (Phi) is 9.07. The van der Waals surface area contributed by atoms with Gasteiger partial charge >= 0.3 is 11.9 Å². The first-order chi connectivity index (χ1) is 9.36. The van der Waals surface area contributed by atoms with E-state index in [4.69, 9.17) is 21.4 Å². The highest BCUT2D eigenvalue weighted by atomic mass is 35.5. The number of carbonyl (C=O) groups excluding carboxylic acids is 1. The molecule has 0 fully saturated rings. The molecule has 1 aromatic carbocycles. The van der Waals surface area contributed by atoms with Crippen molar-refractivity contribution in [2.24, 2.45) is 0 Å². The Morgan fingerprint density at radius 2 is 1.95 bits per heavy atom. The van der Waals surface area contributed by atoms with Crippen LogP contribution in [0.4, 0.5) is 0 Å². The van der Waals surface area contributed by atoms with Crippen molar-refractivity contribution >= 4 is 23.5 Å². The standard InChI is InChI=1S/C10H9ClO2.C4H9NO2/c1-2-9(12)13-10(11)8-6-4-3-5-7-8;1-5(2)3-4(6)7/h2-7,10H,1H2;3H2,1-2H3,(H,6,7). The summed E-state index contributed by atoms with van der Waals surface area (Å²) in [6.07, 6.45) is 1.08. The molecule has 0 radical (unpaired) electrons. The minimum Gasteiger partial charge on any atom is -0.480 e. The molecule has 0 aliphatic rings. The second-order valence-corrected chi connectivity index (χ2v) is 4.40. The number of hydrogen-bond donors (Lipinski definition) is 1. The van der Waals surface area contributed by atoms with Crippen molar-refractivity contribution in [1.82, 2.24) is 4.90 Å². The fraction of sp³-hybridized carbons (Fsp3) is 0.286. The Morgan fingerprint density at radius 3 is 2.30 bits per heavy atom. The highest BCUT2D eigenvalue weighted by Gasteiger charge is 2.09. The Morgan fingerprint density at radius 1 is 1.40 bits per heavy atom. The number of carboxylic acid groups (broad SMARTS) is 1. The van der Waals surface area contributed by atoms with Crippen LogP contribution in [-0.2, 0) is 14.3 Å². The summed E-state index contributed by atoms with van der Waals surface area (Å²) in [5.74, 6) is -1.31. The van der Waals surface area contributed by atoms with Crippen molar-refractivity contribution in [3.63, 3.8) is 0 Å². The van der Waals surface area contributed by atoms with Gasteiger partial charge in [0.2, 0.25) is 5.56 Å². The zero-order valence-electron chi connectivity index (χ0n) is 11.5. The quantitative estimate of drug-likeness (QED) is 0.513. The van der Waals surface area contributed by atoms with E-state index in [1.165, 1.54) is 0 Å². The lowest BCUT2D eigenvalue weighted by Crippen LogP contribution is -2.20. The zero-order chi connectivity index (χ0) is 15.5. The summed E-state index contributed by atoms with van der Waals surface area (Å²) < 4.78 is 4.79. The number of nitrogens with zero attached hydrogens (tertiary/aromatic N) is 1. The SMILES string of the molecule is C=CC(=O)OC(Cl)c1ccccc1.CN(C)CC(=O)O. The molecule has 1 rings (SSSR count). The summed E-state index contributed by atoms with van der Waals surface area (Å²) in [6.45, 7) is 3.39. The van der Waals surface area contributed by atoms with E-state index in [1.54, 1.807) is 31.1 Å². The van der Waals surface area contributed by atoms with Crippen LogP contribution >= 0.6 is 11.6 Å². The second kappa shape index (κ2) is 10.00. The maximum Gasteiger partial charge on any atom is 0.331 e. The van der Waals surface area contributed by atoms with E-state index in [9.17, 15) is 9.59 Å². The van der Waals surface area contributed by atoms with Crippen LogP contribution in [0.1, 0.15) is 11.1 Å². The fourth-order valence-corrected chi connectivity index (χ4v) is 1.33. The van der Waals surface area contributed by atoms with Gasteiger partial charge in [0.05, 0.1) is 6.54 Å². The summed E-state index contributed by atoms with van der Waals surface area (Å²) in [5, 5.41) is 8.04. The Labute approximate surface area is 123 Å². The molecular formula is C14H18ClNO4. The van der Waals surface area contributed by atoms with Gasteiger partial charge in [-0.1, -0.05) is 48.5 Å². The molecule has 1 atom stereocenters. The van der Waals surface area contributed by atoms with Crippen LogP contribution in [0.2, 0.25) is 0 Å². The molecule has 0 amide bonds. The van der Waals surface area contributed by atoms with Crippen molar-refractivity contribution in [3.05, 3.63) is 48.6 Å². The summed E-state index contributed by atoms with van der Waals surface area (Å²) in [4.78, 5) is 22.1. The van der Waals surface area contributed by atoms with Gasteiger partial charge in [-0.25, -0.2) is 4.79 Å². The first-order valence-corrected chi connectivity index (χ1v) is 6.19. The van der Waals surface area contributed by atoms with Crippen molar-refractivity contribution in [2.75, 3.05) is 20.6 Å². The summed E-state index contributed by atoms with van der Waals surface area (Å²) in [6, 6.07) is 9.09. The Hall–Kier alpha value is -1.85. The van der Waals surface area contributed by atoms with Crippen molar-refractivity contribution < 1.29 is 19.4 Å². The van der Waals surface area contributed by atoms with Gasteiger partial charge in [0, 0.05) is 11.6 Å². The molecule has 0 saturated carbocycles. The lowest BCUT2D eigenvalue weighted by Gasteiger charge is -2.08. The number of benzene rings is 1. The maximum absolute atomic E-state index is 10.8. The molecule has 110 valence electrons.